The van der Waals surface area contributed by atoms with Crippen LogP contribution < -0.4 is 0 Å². The monoisotopic (exact) mass is 250 g/mol. The van der Waals surface area contributed by atoms with Crippen LogP contribution >= 0.6 is 0 Å². The first kappa shape index (κ1) is 12.5. The molecule has 18 heavy (non-hydrogen) atoms. The zero-order chi connectivity index (χ0) is 12.5. The van der Waals surface area contributed by atoms with Gasteiger partial charge in [0.15, 0.2) is 0 Å². The molecule has 0 N–H and O–H groups in total. The quantitative estimate of drug-likeness (QED) is 0.712. The molecule has 2 atom stereocenters. The Morgan fingerprint density at radius 3 is 2.61 bits per heavy atom. The summed E-state index contributed by atoms with van der Waals surface area (Å²) in [5.74, 6) is 1.10. The Morgan fingerprint density at radius 1 is 1.06 bits per heavy atom. The molecule has 3 rings (SSSR count). The first-order valence-corrected chi connectivity index (χ1v) is 7.75. The molecule has 2 heterocycles. The minimum atomic E-state index is 0.372. The fourth-order valence-electron chi connectivity index (χ4n) is 4.32. The average molecular weight is 250 g/mol. The Kier molecular flexibility index (Phi) is 3.60. The van der Waals surface area contributed by atoms with Crippen LogP contribution in [0.25, 0.3) is 0 Å². The lowest BCUT2D eigenvalue weighted by molar-refractivity contribution is -0.132. The van der Waals surface area contributed by atoms with Gasteiger partial charge >= 0.3 is 0 Å². The highest BCUT2D eigenvalue weighted by Crippen LogP contribution is 2.33. The molecule has 0 aromatic carbocycles. The SMILES string of the molecule is CN1C(=O)CCC[C@H]2CN(C3CCCC3)CC[C@H]21. The van der Waals surface area contributed by atoms with Gasteiger partial charge in [-0.2, -0.15) is 0 Å². The summed E-state index contributed by atoms with van der Waals surface area (Å²) in [7, 11) is 2.02. The minimum absolute atomic E-state index is 0.372. The summed E-state index contributed by atoms with van der Waals surface area (Å²) in [5.41, 5.74) is 0. The number of carbonyl (C=O) groups excluding carboxylic acids is 1. The molecule has 102 valence electrons. The van der Waals surface area contributed by atoms with Crippen LogP contribution in [-0.2, 0) is 4.79 Å². The van der Waals surface area contributed by atoms with Crippen molar-refractivity contribution in [3.8, 4) is 0 Å². The van der Waals surface area contributed by atoms with Gasteiger partial charge in [0, 0.05) is 38.6 Å². The lowest BCUT2D eigenvalue weighted by Gasteiger charge is -2.43. The van der Waals surface area contributed by atoms with Crippen molar-refractivity contribution in [2.75, 3.05) is 20.1 Å². The second kappa shape index (κ2) is 5.20. The van der Waals surface area contributed by atoms with Crippen LogP contribution in [0.5, 0.6) is 0 Å². The van der Waals surface area contributed by atoms with E-state index in [1.54, 1.807) is 0 Å². The number of rotatable bonds is 1. The van der Waals surface area contributed by atoms with Gasteiger partial charge in [0.1, 0.15) is 0 Å². The van der Waals surface area contributed by atoms with Gasteiger partial charge in [-0.15, -0.1) is 0 Å². The molecule has 0 aromatic rings. The van der Waals surface area contributed by atoms with Gasteiger partial charge < -0.3 is 4.90 Å². The first-order chi connectivity index (χ1) is 8.75. The summed E-state index contributed by atoms with van der Waals surface area (Å²) in [6.45, 7) is 2.45. The topological polar surface area (TPSA) is 23.6 Å². The third-order valence-corrected chi connectivity index (χ3v) is 5.42. The number of amides is 1. The Labute approximate surface area is 111 Å². The summed E-state index contributed by atoms with van der Waals surface area (Å²) in [4.78, 5) is 16.7. The average Bonchev–Trinajstić information content (AvgIpc) is 2.87. The summed E-state index contributed by atoms with van der Waals surface area (Å²) >= 11 is 0. The van der Waals surface area contributed by atoms with E-state index in [2.05, 4.69) is 9.80 Å². The third kappa shape index (κ3) is 2.29. The molecule has 3 nitrogen and oxygen atoms in total. The molecule has 2 aliphatic heterocycles. The molecule has 1 saturated carbocycles. The van der Waals surface area contributed by atoms with Crippen LogP contribution in [0.4, 0.5) is 0 Å². The molecular weight excluding hydrogens is 224 g/mol. The second-order valence-corrected chi connectivity index (χ2v) is 6.45. The number of piperidine rings is 1. The van der Waals surface area contributed by atoms with Crippen molar-refractivity contribution >= 4 is 5.91 Å². The number of hydrogen-bond donors (Lipinski definition) is 0. The fraction of sp³-hybridized carbons (Fsp3) is 0.933. The van der Waals surface area contributed by atoms with Crippen molar-refractivity contribution in [1.82, 2.24) is 9.80 Å². The number of carbonyl (C=O) groups is 1. The van der Waals surface area contributed by atoms with E-state index in [1.807, 2.05) is 7.05 Å². The van der Waals surface area contributed by atoms with E-state index >= 15 is 0 Å². The molecule has 3 aliphatic rings. The summed E-state index contributed by atoms with van der Waals surface area (Å²) in [5, 5.41) is 0. The molecule has 0 radical (unpaired) electrons. The normalized spacial score (nSPS) is 35.6. The van der Waals surface area contributed by atoms with E-state index in [0.29, 0.717) is 11.9 Å². The van der Waals surface area contributed by atoms with E-state index in [0.717, 1.165) is 24.8 Å². The van der Waals surface area contributed by atoms with E-state index in [4.69, 9.17) is 0 Å². The van der Waals surface area contributed by atoms with Gasteiger partial charge in [0.2, 0.25) is 5.91 Å². The van der Waals surface area contributed by atoms with Gasteiger partial charge in [0.25, 0.3) is 0 Å². The Balaban J connectivity index is 1.66. The molecule has 0 aromatic heterocycles. The van der Waals surface area contributed by atoms with Crippen LogP contribution in [-0.4, -0.2) is 47.9 Å². The van der Waals surface area contributed by atoms with Crippen LogP contribution in [0.1, 0.15) is 51.4 Å². The Hall–Kier alpha value is -0.570. The van der Waals surface area contributed by atoms with Crippen LogP contribution in [0.2, 0.25) is 0 Å². The summed E-state index contributed by atoms with van der Waals surface area (Å²) in [6, 6.07) is 1.38. The van der Waals surface area contributed by atoms with Gasteiger partial charge in [-0.05, 0) is 38.0 Å². The number of nitrogens with zero attached hydrogens (tertiary/aromatic N) is 2. The maximum Gasteiger partial charge on any atom is 0.222 e. The number of likely N-dealkylation sites (tertiary alicyclic amines) is 2. The Bertz CT molecular complexity index is 312. The van der Waals surface area contributed by atoms with E-state index in [-0.39, 0.29) is 0 Å². The smallest absolute Gasteiger partial charge is 0.222 e. The minimum Gasteiger partial charge on any atom is -0.342 e. The highest BCUT2D eigenvalue weighted by Gasteiger charge is 2.37. The molecule has 0 unspecified atom stereocenters. The predicted molar refractivity (Wildman–Crippen MR) is 72.3 cm³/mol. The van der Waals surface area contributed by atoms with Crippen molar-refractivity contribution < 1.29 is 4.79 Å². The third-order valence-electron chi connectivity index (χ3n) is 5.42. The highest BCUT2D eigenvalue weighted by molar-refractivity contribution is 5.76. The van der Waals surface area contributed by atoms with Crippen LogP contribution in [0.15, 0.2) is 0 Å². The van der Waals surface area contributed by atoms with E-state index in [1.165, 1.54) is 51.6 Å². The molecule has 3 heteroatoms. The van der Waals surface area contributed by atoms with E-state index < -0.39 is 0 Å². The van der Waals surface area contributed by atoms with Crippen molar-refractivity contribution in [2.45, 2.75) is 63.5 Å². The maximum atomic E-state index is 11.9. The van der Waals surface area contributed by atoms with Gasteiger partial charge in [-0.1, -0.05) is 12.8 Å². The van der Waals surface area contributed by atoms with Crippen molar-refractivity contribution in [3.05, 3.63) is 0 Å². The standard InChI is InChI=1S/C15H26N2O/c1-16-14-9-10-17(13-6-2-3-7-13)11-12(14)5-4-8-15(16)18/h12-14H,2-11H2,1H3/t12-,14+/m0/s1. The largest absolute Gasteiger partial charge is 0.342 e. The van der Waals surface area contributed by atoms with Gasteiger partial charge in [0.05, 0.1) is 0 Å². The summed E-state index contributed by atoms with van der Waals surface area (Å²) in [6.07, 6.45) is 9.99. The van der Waals surface area contributed by atoms with Crippen LogP contribution in [0, 0.1) is 5.92 Å². The number of hydrogen-bond acceptors (Lipinski definition) is 2. The zero-order valence-corrected chi connectivity index (χ0v) is 11.6. The molecule has 1 aliphatic carbocycles. The lowest BCUT2D eigenvalue weighted by Crippen LogP contribution is -2.52. The number of fused-ring (bicyclic) bond motifs is 1. The molecule has 0 spiro atoms. The first-order valence-electron chi connectivity index (χ1n) is 7.75. The van der Waals surface area contributed by atoms with Crippen LogP contribution in [0.3, 0.4) is 0 Å². The molecular formula is C15H26N2O. The molecule has 1 amide bonds. The summed E-state index contributed by atoms with van der Waals surface area (Å²) < 4.78 is 0. The zero-order valence-electron chi connectivity index (χ0n) is 11.6. The predicted octanol–water partition coefficient (Wildman–Crippen LogP) is 2.26. The molecule has 3 fully saturated rings. The van der Waals surface area contributed by atoms with E-state index in [9.17, 15) is 4.79 Å². The molecule has 0 bridgehead atoms. The fourth-order valence-corrected chi connectivity index (χ4v) is 4.32. The van der Waals surface area contributed by atoms with Gasteiger partial charge in [-0.25, -0.2) is 0 Å². The van der Waals surface area contributed by atoms with Crippen molar-refractivity contribution in [3.63, 3.8) is 0 Å². The van der Waals surface area contributed by atoms with Crippen molar-refractivity contribution in [2.24, 2.45) is 5.92 Å². The maximum absolute atomic E-state index is 11.9. The van der Waals surface area contributed by atoms with Crippen molar-refractivity contribution in [1.29, 1.82) is 0 Å². The molecule has 2 saturated heterocycles. The lowest BCUT2D eigenvalue weighted by atomic mass is 9.87. The van der Waals surface area contributed by atoms with Gasteiger partial charge in [-0.3, -0.25) is 9.69 Å². The highest BCUT2D eigenvalue weighted by atomic mass is 16.2. The Morgan fingerprint density at radius 2 is 1.83 bits per heavy atom. The second-order valence-electron chi connectivity index (χ2n) is 6.45.